The van der Waals surface area contributed by atoms with Gasteiger partial charge in [-0.05, 0) is 61.2 Å². The first-order chi connectivity index (χ1) is 17.4. The van der Waals surface area contributed by atoms with Crippen LogP contribution < -0.4 is 4.74 Å². The van der Waals surface area contributed by atoms with Gasteiger partial charge in [-0.3, -0.25) is 0 Å². The second-order valence-electron chi connectivity index (χ2n) is 8.42. The number of hydrogen-bond donors (Lipinski definition) is 0. The molecule has 36 heavy (non-hydrogen) atoms. The fourth-order valence-electron chi connectivity index (χ4n) is 3.57. The summed E-state index contributed by atoms with van der Waals surface area (Å²) in [6, 6.07) is 17.7. The van der Waals surface area contributed by atoms with E-state index in [1.165, 1.54) is 69.5 Å². The van der Waals surface area contributed by atoms with E-state index in [9.17, 15) is 14.4 Å². The Bertz CT molecular complexity index is 1150. The molecule has 0 spiro atoms. The molecule has 0 aliphatic rings. The third kappa shape index (κ3) is 7.50. The van der Waals surface area contributed by atoms with E-state index in [-0.39, 0.29) is 17.0 Å². The van der Waals surface area contributed by atoms with Gasteiger partial charge in [0.1, 0.15) is 11.4 Å². The molecule has 1 aromatic heterocycles. The lowest BCUT2D eigenvalue weighted by Gasteiger charge is -2.11. The topological polar surface area (TPSA) is 91.8 Å². The molecule has 1 atom stereocenters. The summed E-state index contributed by atoms with van der Waals surface area (Å²) in [6.45, 7) is 3.63. The van der Waals surface area contributed by atoms with Gasteiger partial charge in [-0.1, -0.05) is 56.5 Å². The number of benzene rings is 2. The Morgan fingerprint density at radius 3 is 2.14 bits per heavy atom. The summed E-state index contributed by atoms with van der Waals surface area (Å²) in [5.41, 5.74) is 3.64. The van der Waals surface area contributed by atoms with E-state index in [2.05, 4.69) is 40.9 Å². The number of carbonyl (C=O) groups is 3. The van der Waals surface area contributed by atoms with Gasteiger partial charge in [-0.15, -0.1) is 0 Å². The minimum Gasteiger partial charge on any atom is -0.466 e. The molecule has 0 fully saturated rings. The third-order valence-electron chi connectivity index (χ3n) is 5.70. The normalized spacial score (nSPS) is 11.4. The van der Waals surface area contributed by atoms with Crippen molar-refractivity contribution >= 4 is 17.9 Å². The Hall–Kier alpha value is -4.00. The van der Waals surface area contributed by atoms with Crippen molar-refractivity contribution in [1.82, 2.24) is 4.98 Å². The lowest BCUT2D eigenvalue weighted by Crippen LogP contribution is -2.25. The first-order valence-electron chi connectivity index (χ1n) is 12.1. The van der Waals surface area contributed by atoms with Gasteiger partial charge < -0.3 is 14.2 Å². The van der Waals surface area contributed by atoms with Gasteiger partial charge in [0.05, 0.1) is 12.7 Å². The van der Waals surface area contributed by atoms with Gasteiger partial charge in [-0.25, -0.2) is 19.4 Å². The number of pyridine rings is 1. The first-order valence-corrected chi connectivity index (χ1v) is 12.1. The summed E-state index contributed by atoms with van der Waals surface area (Å²) in [6.07, 6.45) is 6.67. The van der Waals surface area contributed by atoms with E-state index in [1.807, 2.05) is 6.07 Å². The summed E-state index contributed by atoms with van der Waals surface area (Å²) >= 11 is 0. The number of hydrogen-bond acceptors (Lipinski definition) is 7. The Kier molecular flexibility index (Phi) is 9.74. The minimum atomic E-state index is -1.03. The quantitative estimate of drug-likeness (QED) is 0.191. The molecular weight excluding hydrogens is 458 g/mol. The molecule has 7 nitrogen and oxygen atoms in total. The molecule has 0 aliphatic carbocycles. The molecule has 1 heterocycles. The van der Waals surface area contributed by atoms with E-state index in [0.717, 1.165) is 17.5 Å². The van der Waals surface area contributed by atoms with Gasteiger partial charge in [0, 0.05) is 11.8 Å². The zero-order valence-corrected chi connectivity index (χ0v) is 20.9. The second kappa shape index (κ2) is 13.2. The van der Waals surface area contributed by atoms with Gasteiger partial charge >= 0.3 is 17.9 Å². The zero-order valence-electron chi connectivity index (χ0n) is 20.9. The van der Waals surface area contributed by atoms with Crippen molar-refractivity contribution in [2.75, 3.05) is 7.11 Å². The number of esters is 3. The predicted molar refractivity (Wildman–Crippen MR) is 136 cm³/mol. The number of aromatic nitrogens is 1. The highest BCUT2D eigenvalue weighted by atomic mass is 16.6. The fourth-order valence-corrected chi connectivity index (χ4v) is 3.57. The molecule has 0 saturated heterocycles. The van der Waals surface area contributed by atoms with Crippen molar-refractivity contribution in [3.63, 3.8) is 0 Å². The molecule has 188 valence electrons. The molecule has 0 saturated carbocycles. The summed E-state index contributed by atoms with van der Waals surface area (Å²) in [5, 5.41) is 0. The summed E-state index contributed by atoms with van der Waals surface area (Å²) in [7, 11) is 1.21. The van der Waals surface area contributed by atoms with Crippen LogP contribution in [-0.4, -0.2) is 36.1 Å². The van der Waals surface area contributed by atoms with Gasteiger partial charge in [0.15, 0.2) is 6.10 Å². The van der Waals surface area contributed by atoms with Crippen LogP contribution in [0.2, 0.25) is 0 Å². The highest BCUT2D eigenvalue weighted by Gasteiger charge is 2.19. The zero-order chi connectivity index (χ0) is 25.9. The average Bonchev–Trinajstić information content (AvgIpc) is 2.91. The van der Waals surface area contributed by atoms with Gasteiger partial charge in [0.2, 0.25) is 0 Å². The summed E-state index contributed by atoms with van der Waals surface area (Å²) in [4.78, 5) is 40.3. The van der Waals surface area contributed by atoms with Crippen LogP contribution in [0.3, 0.4) is 0 Å². The maximum atomic E-state index is 12.5. The molecule has 0 bridgehead atoms. The fraction of sp³-hybridized carbons (Fsp3) is 0.310. The van der Waals surface area contributed by atoms with E-state index in [0.29, 0.717) is 0 Å². The lowest BCUT2D eigenvalue weighted by atomic mass is 10.0. The molecule has 0 radical (unpaired) electrons. The Labute approximate surface area is 211 Å². The smallest absolute Gasteiger partial charge is 0.362 e. The Morgan fingerprint density at radius 1 is 0.833 bits per heavy atom. The largest absolute Gasteiger partial charge is 0.466 e. The number of aryl methyl sites for hydroxylation is 1. The molecule has 1 unspecified atom stereocenters. The molecule has 0 N–H and O–H groups in total. The monoisotopic (exact) mass is 489 g/mol. The van der Waals surface area contributed by atoms with Gasteiger partial charge in [0.25, 0.3) is 0 Å². The third-order valence-corrected chi connectivity index (χ3v) is 5.70. The van der Waals surface area contributed by atoms with E-state index in [4.69, 9.17) is 9.47 Å². The average molecular weight is 490 g/mol. The number of unbranched alkanes of at least 4 members (excludes halogenated alkanes) is 3. The Morgan fingerprint density at radius 2 is 1.53 bits per heavy atom. The first kappa shape index (κ1) is 26.6. The van der Waals surface area contributed by atoms with Crippen molar-refractivity contribution in [2.24, 2.45) is 0 Å². The van der Waals surface area contributed by atoms with E-state index >= 15 is 0 Å². The summed E-state index contributed by atoms with van der Waals surface area (Å²) < 4.78 is 14.9. The van der Waals surface area contributed by atoms with Crippen LogP contribution in [0.4, 0.5) is 0 Å². The maximum absolute atomic E-state index is 12.5. The number of carbonyl (C=O) groups excluding carboxylic acids is 3. The summed E-state index contributed by atoms with van der Waals surface area (Å²) in [5.74, 6) is -1.70. The molecule has 0 aliphatic heterocycles. The standard InChI is InChI=1S/C29H31NO6/c1-4-5-6-7-8-21-9-11-22(12-10-21)24-15-18-26(30-19-24)29(33)36-25-16-13-23(14-17-25)28(32)35-20(2)27(31)34-3/h9-20H,4-8H2,1-3H3. The second-order valence-corrected chi connectivity index (χ2v) is 8.42. The molecule has 0 amide bonds. The van der Waals surface area contributed by atoms with Crippen LogP contribution in [-0.2, 0) is 20.7 Å². The minimum absolute atomic E-state index is 0.168. The van der Waals surface area contributed by atoms with Crippen LogP contribution in [0.25, 0.3) is 11.1 Å². The molecule has 3 rings (SSSR count). The van der Waals surface area contributed by atoms with Crippen molar-refractivity contribution in [2.45, 2.75) is 52.1 Å². The van der Waals surface area contributed by atoms with E-state index < -0.39 is 24.0 Å². The van der Waals surface area contributed by atoms with E-state index in [1.54, 1.807) is 12.3 Å². The highest BCUT2D eigenvalue weighted by Crippen LogP contribution is 2.21. The number of ether oxygens (including phenoxy) is 3. The Balaban J connectivity index is 1.55. The number of nitrogens with zero attached hydrogens (tertiary/aromatic N) is 1. The van der Waals surface area contributed by atoms with Crippen molar-refractivity contribution in [3.05, 3.63) is 83.7 Å². The van der Waals surface area contributed by atoms with Crippen LogP contribution in [0.5, 0.6) is 5.75 Å². The number of methoxy groups -OCH3 is 1. The molecule has 2 aromatic carbocycles. The van der Waals surface area contributed by atoms with Crippen LogP contribution in [0, 0.1) is 0 Å². The molecule has 3 aromatic rings. The number of rotatable bonds is 11. The van der Waals surface area contributed by atoms with Crippen LogP contribution in [0.1, 0.15) is 65.9 Å². The van der Waals surface area contributed by atoms with Crippen LogP contribution >= 0.6 is 0 Å². The van der Waals surface area contributed by atoms with Gasteiger partial charge in [-0.2, -0.15) is 0 Å². The highest BCUT2D eigenvalue weighted by molar-refractivity contribution is 5.92. The lowest BCUT2D eigenvalue weighted by molar-refractivity contribution is -0.149. The molecular formula is C29H31NO6. The van der Waals surface area contributed by atoms with Crippen molar-refractivity contribution < 1.29 is 28.6 Å². The maximum Gasteiger partial charge on any atom is 0.362 e. The van der Waals surface area contributed by atoms with Crippen LogP contribution in [0.15, 0.2) is 66.9 Å². The van der Waals surface area contributed by atoms with Crippen molar-refractivity contribution in [3.8, 4) is 16.9 Å². The predicted octanol–water partition coefficient (Wildman–Crippen LogP) is 5.81. The molecule has 7 heteroatoms. The SMILES string of the molecule is CCCCCCc1ccc(-c2ccc(C(=O)Oc3ccc(C(=O)OC(C)C(=O)OC)cc3)nc2)cc1. The van der Waals surface area contributed by atoms with Crippen molar-refractivity contribution in [1.29, 1.82) is 0 Å².